The van der Waals surface area contributed by atoms with Gasteiger partial charge in [-0.1, -0.05) is 24.3 Å². The number of fused-ring (bicyclic) bond motifs is 3. The summed E-state index contributed by atoms with van der Waals surface area (Å²) in [5, 5.41) is 13.6. The molecule has 2 aromatic carbocycles. The number of morpholine rings is 1. The van der Waals surface area contributed by atoms with Gasteiger partial charge < -0.3 is 20.7 Å². The van der Waals surface area contributed by atoms with Crippen LogP contribution in [0.5, 0.6) is 0 Å². The van der Waals surface area contributed by atoms with E-state index in [0.717, 1.165) is 29.7 Å². The topological polar surface area (TPSA) is 142 Å². The number of hydrazine groups is 1. The van der Waals surface area contributed by atoms with Gasteiger partial charge in [-0.15, -0.1) is 0 Å². The molecule has 1 unspecified atom stereocenters. The molecule has 0 bridgehead atoms. The number of nitrogens with zero attached hydrogens (tertiary/aromatic N) is 4. The number of piperidine rings is 1. The van der Waals surface area contributed by atoms with Crippen molar-refractivity contribution < 1.29 is 19.1 Å². The zero-order valence-corrected chi connectivity index (χ0v) is 21.6. The van der Waals surface area contributed by atoms with Crippen molar-refractivity contribution >= 4 is 29.1 Å². The van der Waals surface area contributed by atoms with Crippen molar-refractivity contribution in [2.45, 2.75) is 25.3 Å². The van der Waals surface area contributed by atoms with Gasteiger partial charge in [-0.2, -0.15) is 10.2 Å². The second-order valence-electron chi connectivity index (χ2n) is 10.3. The van der Waals surface area contributed by atoms with Crippen LogP contribution in [0.15, 0.2) is 64.0 Å². The fraction of sp³-hybridized carbons (Fsp3) is 0.393. The standard InChI is InChI=1S/C28H31N7O4/c29-19-6-4-17(5-7-19)16-22(36)34-10-8-18(9-11-34)25-24-26(32-31-25)20-2-1-3-21(23(20)27(24)37)30-28(38)33-35-12-14-39-15-13-35/h1-7,18,26H,8-16,29H2,(H2,30,33,38). The summed E-state index contributed by atoms with van der Waals surface area (Å²) in [5.41, 5.74) is 13.2. The van der Waals surface area contributed by atoms with Crippen LogP contribution in [0.3, 0.4) is 0 Å². The summed E-state index contributed by atoms with van der Waals surface area (Å²) in [6.45, 7) is 3.52. The SMILES string of the molecule is Nc1ccc(CC(=O)N2CCC(C3=C4C(=O)c5c(NC(=O)NN6CCOCC6)cccc5C4N=N3)CC2)cc1. The maximum absolute atomic E-state index is 13.7. The number of allylic oxidation sites excluding steroid dienone is 1. The van der Waals surface area contributed by atoms with Crippen LogP contribution < -0.4 is 16.5 Å². The van der Waals surface area contributed by atoms with Gasteiger partial charge in [-0.25, -0.2) is 9.80 Å². The first-order valence-electron chi connectivity index (χ1n) is 13.3. The molecule has 0 saturated carbocycles. The number of urea groups is 1. The number of nitrogen functional groups attached to an aromatic ring is 1. The van der Waals surface area contributed by atoms with Crippen LogP contribution in [0.25, 0.3) is 0 Å². The fourth-order valence-electron chi connectivity index (χ4n) is 5.71. The van der Waals surface area contributed by atoms with E-state index in [2.05, 4.69) is 21.0 Å². The first kappa shape index (κ1) is 25.2. The monoisotopic (exact) mass is 529 g/mol. The largest absolute Gasteiger partial charge is 0.399 e. The number of anilines is 2. The third kappa shape index (κ3) is 5.02. The number of likely N-dealkylation sites (tertiary alicyclic amines) is 1. The molecule has 2 fully saturated rings. The van der Waals surface area contributed by atoms with Gasteiger partial charge in [0.25, 0.3) is 0 Å². The molecule has 2 aromatic rings. The van der Waals surface area contributed by atoms with E-state index in [1.807, 2.05) is 29.2 Å². The van der Waals surface area contributed by atoms with Crippen molar-refractivity contribution in [2.75, 3.05) is 50.4 Å². The fourth-order valence-corrected chi connectivity index (χ4v) is 5.71. The molecule has 4 aliphatic rings. The molecule has 0 radical (unpaired) electrons. The summed E-state index contributed by atoms with van der Waals surface area (Å²) in [5.74, 6) is -0.00929. The zero-order chi connectivity index (χ0) is 26.9. The maximum atomic E-state index is 13.7. The van der Waals surface area contributed by atoms with Gasteiger partial charge in [0.05, 0.1) is 42.2 Å². The lowest BCUT2D eigenvalue weighted by Crippen LogP contribution is -2.49. The van der Waals surface area contributed by atoms with Crippen LogP contribution in [0.1, 0.15) is 40.4 Å². The Labute approximate surface area is 226 Å². The Bertz CT molecular complexity index is 1360. The van der Waals surface area contributed by atoms with Crippen LogP contribution >= 0.6 is 0 Å². The van der Waals surface area contributed by atoms with E-state index in [9.17, 15) is 14.4 Å². The van der Waals surface area contributed by atoms with Crippen molar-refractivity contribution in [3.8, 4) is 0 Å². The summed E-state index contributed by atoms with van der Waals surface area (Å²) in [6, 6.07) is 11.9. The van der Waals surface area contributed by atoms with Gasteiger partial charge in [0.1, 0.15) is 6.04 Å². The van der Waals surface area contributed by atoms with Crippen LogP contribution in [0.4, 0.5) is 16.2 Å². The molecular weight excluding hydrogens is 498 g/mol. The highest BCUT2D eigenvalue weighted by Crippen LogP contribution is 2.49. The van der Waals surface area contributed by atoms with E-state index < -0.39 is 12.1 Å². The normalized spacial score (nSPS) is 21.2. The highest BCUT2D eigenvalue weighted by Gasteiger charge is 2.44. The van der Waals surface area contributed by atoms with Crippen molar-refractivity contribution in [3.05, 3.63) is 70.4 Å². The van der Waals surface area contributed by atoms with E-state index in [0.29, 0.717) is 68.3 Å². The van der Waals surface area contributed by atoms with Crippen molar-refractivity contribution in [1.82, 2.24) is 15.3 Å². The van der Waals surface area contributed by atoms with Crippen LogP contribution in [0.2, 0.25) is 0 Å². The van der Waals surface area contributed by atoms with Gasteiger partial charge >= 0.3 is 6.03 Å². The van der Waals surface area contributed by atoms with E-state index in [-0.39, 0.29) is 17.6 Å². The van der Waals surface area contributed by atoms with Gasteiger partial charge in [0, 0.05) is 37.8 Å². The van der Waals surface area contributed by atoms with Crippen LogP contribution in [0, 0.1) is 5.92 Å². The predicted molar refractivity (Wildman–Crippen MR) is 144 cm³/mol. The molecule has 3 amide bonds. The lowest BCUT2D eigenvalue weighted by atomic mass is 9.89. The summed E-state index contributed by atoms with van der Waals surface area (Å²) in [6.07, 6.45) is 1.77. The molecule has 39 heavy (non-hydrogen) atoms. The Morgan fingerprint density at radius 1 is 1.03 bits per heavy atom. The van der Waals surface area contributed by atoms with Gasteiger partial charge in [0.15, 0.2) is 5.78 Å². The number of nitrogens with two attached hydrogens (primary N) is 1. The Balaban J connectivity index is 1.13. The molecule has 6 rings (SSSR count). The lowest BCUT2D eigenvalue weighted by molar-refractivity contribution is -0.131. The molecule has 3 heterocycles. The Kier molecular flexibility index (Phi) is 6.84. The number of rotatable bonds is 5. The Hall–Kier alpha value is -4.09. The van der Waals surface area contributed by atoms with Crippen LogP contribution in [-0.4, -0.2) is 67.0 Å². The second-order valence-corrected chi connectivity index (χ2v) is 10.3. The third-order valence-electron chi connectivity index (χ3n) is 7.78. The van der Waals surface area contributed by atoms with Crippen LogP contribution in [-0.2, 0) is 16.0 Å². The summed E-state index contributed by atoms with van der Waals surface area (Å²) in [7, 11) is 0. The molecule has 1 aliphatic carbocycles. The predicted octanol–water partition coefficient (Wildman–Crippen LogP) is 3.08. The van der Waals surface area contributed by atoms with E-state index in [4.69, 9.17) is 10.5 Å². The van der Waals surface area contributed by atoms with E-state index >= 15 is 0 Å². The second kappa shape index (κ2) is 10.6. The third-order valence-corrected chi connectivity index (χ3v) is 7.78. The molecule has 11 nitrogen and oxygen atoms in total. The number of Topliss-reactive ketones (excluding diaryl/α,β-unsaturated/α-hetero) is 1. The number of carbonyl (C=O) groups is 3. The van der Waals surface area contributed by atoms with E-state index in [1.54, 1.807) is 23.2 Å². The molecular formula is C28H31N7O4. The molecule has 11 heteroatoms. The van der Waals surface area contributed by atoms with Gasteiger partial charge in [0.2, 0.25) is 5.91 Å². The van der Waals surface area contributed by atoms with Crippen molar-refractivity contribution in [1.29, 1.82) is 0 Å². The van der Waals surface area contributed by atoms with Crippen molar-refractivity contribution in [2.24, 2.45) is 16.1 Å². The zero-order valence-electron chi connectivity index (χ0n) is 21.6. The number of hydrogen-bond donors (Lipinski definition) is 3. The molecule has 0 aromatic heterocycles. The summed E-state index contributed by atoms with van der Waals surface area (Å²) < 4.78 is 5.32. The first-order chi connectivity index (χ1) is 19.0. The van der Waals surface area contributed by atoms with Crippen molar-refractivity contribution in [3.63, 3.8) is 0 Å². The molecule has 2 saturated heterocycles. The summed E-state index contributed by atoms with van der Waals surface area (Å²) in [4.78, 5) is 41.1. The quantitative estimate of drug-likeness (QED) is 0.508. The number of benzene rings is 2. The summed E-state index contributed by atoms with van der Waals surface area (Å²) >= 11 is 0. The molecule has 4 N–H and O–H groups in total. The number of ketones is 1. The number of ether oxygens (including phenoxy) is 1. The molecule has 3 aliphatic heterocycles. The van der Waals surface area contributed by atoms with Gasteiger partial charge in [-0.3, -0.25) is 15.0 Å². The number of carbonyl (C=O) groups excluding carboxylic acids is 3. The van der Waals surface area contributed by atoms with E-state index in [1.165, 1.54) is 0 Å². The molecule has 0 spiro atoms. The Morgan fingerprint density at radius 3 is 2.51 bits per heavy atom. The highest BCUT2D eigenvalue weighted by molar-refractivity contribution is 6.19. The number of amides is 3. The average Bonchev–Trinajstić information content (AvgIpc) is 3.51. The van der Waals surface area contributed by atoms with Gasteiger partial charge in [-0.05, 0) is 42.2 Å². The molecule has 1 atom stereocenters. The first-order valence-corrected chi connectivity index (χ1v) is 13.3. The number of azo groups is 1. The maximum Gasteiger partial charge on any atom is 0.333 e. The Morgan fingerprint density at radius 2 is 1.77 bits per heavy atom. The smallest absolute Gasteiger partial charge is 0.333 e. The highest BCUT2D eigenvalue weighted by atomic mass is 16.5. The minimum atomic E-state index is -0.447. The molecule has 202 valence electrons. The average molecular weight is 530 g/mol. The number of nitrogens with one attached hydrogen (secondary N) is 2. The minimum Gasteiger partial charge on any atom is -0.399 e. The lowest BCUT2D eigenvalue weighted by Gasteiger charge is -2.32. The minimum absolute atomic E-state index is 0.0496. The number of hydrogen-bond acceptors (Lipinski definition) is 8.